The average Bonchev–Trinajstić information content (AvgIpc) is 2.46. The number of hydrogen-bond acceptors (Lipinski definition) is 4. The van der Waals surface area contributed by atoms with Crippen LogP contribution in [0.4, 0.5) is 0 Å². The summed E-state index contributed by atoms with van der Waals surface area (Å²) in [6, 6.07) is 8.39. The number of carbonyl (C=O) groups is 2. The van der Waals surface area contributed by atoms with E-state index in [1.807, 2.05) is 25.1 Å². The highest BCUT2D eigenvalue weighted by molar-refractivity contribution is 6.03. The molecule has 0 unspecified atom stereocenters. The lowest BCUT2D eigenvalue weighted by atomic mass is 10.1. The maximum absolute atomic E-state index is 12.3. The van der Waals surface area contributed by atoms with E-state index >= 15 is 0 Å². The first kappa shape index (κ1) is 14.6. The molecule has 2 aromatic rings. The van der Waals surface area contributed by atoms with Gasteiger partial charge in [-0.05, 0) is 31.2 Å². The lowest BCUT2D eigenvalue weighted by Crippen LogP contribution is -2.29. The van der Waals surface area contributed by atoms with Crippen LogP contribution in [0.3, 0.4) is 0 Å². The highest BCUT2D eigenvalue weighted by Gasteiger charge is 2.21. The normalized spacial score (nSPS) is 10.2. The molecule has 2 heterocycles. The maximum Gasteiger partial charge on any atom is 0.338 e. The fourth-order valence-electron chi connectivity index (χ4n) is 1.93. The molecule has 6 nitrogen and oxygen atoms in total. The number of aryl methyl sites for hydroxylation is 1. The molecule has 0 spiro atoms. The van der Waals surface area contributed by atoms with Crippen LogP contribution in [0.5, 0.6) is 0 Å². The molecule has 1 N–H and O–H groups in total. The van der Waals surface area contributed by atoms with Gasteiger partial charge in [-0.3, -0.25) is 14.8 Å². The summed E-state index contributed by atoms with van der Waals surface area (Å²) in [4.78, 5) is 33.1. The summed E-state index contributed by atoms with van der Waals surface area (Å²) in [5.41, 5.74) is 1.42. The number of pyridine rings is 2. The molecule has 108 valence electrons. The number of nitrogens with zero attached hydrogens (tertiary/aromatic N) is 3. The number of carbonyl (C=O) groups excluding carboxylic acids is 1. The molecule has 0 aliphatic heterocycles. The van der Waals surface area contributed by atoms with Crippen LogP contribution >= 0.6 is 0 Å². The molecule has 0 fully saturated rings. The van der Waals surface area contributed by atoms with E-state index in [0.717, 1.165) is 11.4 Å². The molecule has 21 heavy (non-hydrogen) atoms. The zero-order chi connectivity index (χ0) is 15.4. The van der Waals surface area contributed by atoms with Gasteiger partial charge in [-0.25, -0.2) is 4.79 Å². The van der Waals surface area contributed by atoms with E-state index < -0.39 is 11.9 Å². The third-order valence-corrected chi connectivity index (χ3v) is 2.93. The predicted molar refractivity (Wildman–Crippen MR) is 76.0 cm³/mol. The SMILES string of the molecule is Cc1cccc(CN(C)C(=O)c2ncccc2C(=O)O)n1. The van der Waals surface area contributed by atoms with Gasteiger partial charge in [-0.1, -0.05) is 6.07 Å². The Morgan fingerprint density at radius 1 is 1.24 bits per heavy atom. The van der Waals surface area contributed by atoms with Gasteiger partial charge >= 0.3 is 5.97 Å². The van der Waals surface area contributed by atoms with Crippen molar-refractivity contribution >= 4 is 11.9 Å². The van der Waals surface area contributed by atoms with Crippen molar-refractivity contribution in [2.45, 2.75) is 13.5 Å². The third-order valence-electron chi connectivity index (χ3n) is 2.93. The Hall–Kier alpha value is -2.76. The van der Waals surface area contributed by atoms with Gasteiger partial charge in [0.25, 0.3) is 5.91 Å². The van der Waals surface area contributed by atoms with E-state index in [2.05, 4.69) is 9.97 Å². The molecule has 0 saturated heterocycles. The van der Waals surface area contributed by atoms with E-state index in [4.69, 9.17) is 5.11 Å². The van der Waals surface area contributed by atoms with E-state index in [-0.39, 0.29) is 17.8 Å². The minimum atomic E-state index is -1.17. The van der Waals surface area contributed by atoms with Crippen LogP contribution in [-0.4, -0.2) is 38.9 Å². The van der Waals surface area contributed by atoms with Crippen molar-refractivity contribution in [2.75, 3.05) is 7.05 Å². The van der Waals surface area contributed by atoms with Crippen molar-refractivity contribution in [1.82, 2.24) is 14.9 Å². The highest BCUT2D eigenvalue weighted by atomic mass is 16.4. The Balaban J connectivity index is 2.22. The van der Waals surface area contributed by atoms with Crippen molar-refractivity contribution < 1.29 is 14.7 Å². The first-order chi connectivity index (χ1) is 9.99. The number of hydrogen-bond donors (Lipinski definition) is 1. The second kappa shape index (κ2) is 6.13. The maximum atomic E-state index is 12.3. The van der Waals surface area contributed by atoms with Crippen molar-refractivity contribution in [3.63, 3.8) is 0 Å². The van der Waals surface area contributed by atoms with E-state index in [1.54, 1.807) is 7.05 Å². The van der Waals surface area contributed by atoms with Crippen LogP contribution in [0.15, 0.2) is 36.5 Å². The van der Waals surface area contributed by atoms with Gasteiger partial charge in [0, 0.05) is 18.9 Å². The Morgan fingerprint density at radius 2 is 2.00 bits per heavy atom. The Morgan fingerprint density at radius 3 is 2.67 bits per heavy atom. The van der Waals surface area contributed by atoms with Gasteiger partial charge in [-0.15, -0.1) is 0 Å². The van der Waals surface area contributed by atoms with Crippen molar-refractivity contribution in [2.24, 2.45) is 0 Å². The van der Waals surface area contributed by atoms with Crippen LogP contribution in [0.25, 0.3) is 0 Å². The molecule has 0 aromatic carbocycles. The van der Waals surface area contributed by atoms with E-state index in [1.165, 1.54) is 23.2 Å². The number of carboxylic acids is 1. The molecule has 2 aromatic heterocycles. The molecular formula is C15H15N3O3. The number of rotatable bonds is 4. The van der Waals surface area contributed by atoms with E-state index in [9.17, 15) is 9.59 Å². The first-order valence-corrected chi connectivity index (χ1v) is 6.35. The molecule has 1 amide bonds. The van der Waals surface area contributed by atoms with Gasteiger partial charge in [-0.2, -0.15) is 0 Å². The van der Waals surface area contributed by atoms with Crippen molar-refractivity contribution in [3.05, 3.63) is 59.2 Å². The molecule has 0 atom stereocenters. The third kappa shape index (κ3) is 3.42. The Kier molecular flexibility index (Phi) is 4.27. The fourth-order valence-corrected chi connectivity index (χ4v) is 1.93. The number of aromatic carboxylic acids is 1. The lowest BCUT2D eigenvalue weighted by molar-refractivity contribution is 0.0678. The summed E-state index contributed by atoms with van der Waals surface area (Å²) in [5.74, 6) is -1.62. The molecule has 2 rings (SSSR count). The van der Waals surface area contributed by atoms with Crippen LogP contribution in [0.2, 0.25) is 0 Å². The summed E-state index contributed by atoms with van der Waals surface area (Å²) in [6.07, 6.45) is 1.40. The lowest BCUT2D eigenvalue weighted by Gasteiger charge is -2.17. The summed E-state index contributed by atoms with van der Waals surface area (Å²) in [7, 11) is 1.59. The van der Waals surface area contributed by atoms with Gasteiger partial charge in [0.15, 0.2) is 0 Å². The van der Waals surface area contributed by atoms with Crippen LogP contribution < -0.4 is 0 Å². The minimum Gasteiger partial charge on any atom is -0.478 e. The van der Waals surface area contributed by atoms with Crippen LogP contribution in [0.1, 0.15) is 32.2 Å². The fraction of sp³-hybridized carbons (Fsp3) is 0.200. The van der Waals surface area contributed by atoms with Gasteiger partial charge in [0.1, 0.15) is 5.69 Å². The molecular weight excluding hydrogens is 270 g/mol. The number of carboxylic acid groups (broad SMARTS) is 1. The monoisotopic (exact) mass is 285 g/mol. The minimum absolute atomic E-state index is 0.0693. The van der Waals surface area contributed by atoms with Crippen LogP contribution in [-0.2, 0) is 6.54 Å². The zero-order valence-electron chi connectivity index (χ0n) is 11.8. The number of aromatic nitrogens is 2. The van der Waals surface area contributed by atoms with Crippen LogP contribution in [0, 0.1) is 6.92 Å². The summed E-state index contributed by atoms with van der Waals surface area (Å²) in [6.45, 7) is 2.16. The highest BCUT2D eigenvalue weighted by Crippen LogP contribution is 2.10. The standard InChI is InChI=1S/C15H15N3O3/c1-10-5-3-6-11(17-10)9-18(2)14(19)13-12(15(20)21)7-4-8-16-13/h3-8H,9H2,1-2H3,(H,20,21). The topological polar surface area (TPSA) is 83.4 Å². The summed E-state index contributed by atoms with van der Waals surface area (Å²) >= 11 is 0. The quantitative estimate of drug-likeness (QED) is 0.925. The van der Waals surface area contributed by atoms with Gasteiger partial charge < -0.3 is 10.0 Å². The van der Waals surface area contributed by atoms with Gasteiger partial charge in [0.2, 0.25) is 0 Å². The van der Waals surface area contributed by atoms with Gasteiger partial charge in [0.05, 0.1) is 17.8 Å². The molecule has 0 bridgehead atoms. The molecule has 0 aliphatic carbocycles. The molecule has 0 saturated carbocycles. The Bertz CT molecular complexity index is 685. The second-order valence-electron chi connectivity index (χ2n) is 4.64. The molecule has 0 radical (unpaired) electrons. The molecule has 0 aliphatic rings. The predicted octanol–water partition coefficient (Wildman–Crippen LogP) is 1.76. The smallest absolute Gasteiger partial charge is 0.338 e. The largest absolute Gasteiger partial charge is 0.478 e. The molecule has 6 heteroatoms. The number of amides is 1. The summed E-state index contributed by atoms with van der Waals surface area (Å²) < 4.78 is 0. The zero-order valence-corrected chi connectivity index (χ0v) is 11.8. The summed E-state index contributed by atoms with van der Waals surface area (Å²) in [5, 5.41) is 9.10. The average molecular weight is 285 g/mol. The first-order valence-electron chi connectivity index (χ1n) is 6.35. The van der Waals surface area contributed by atoms with E-state index in [0.29, 0.717) is 0 Å². The van der Waals surface area contributed by atoms with Crippen molar-refractivity contribution in [1.29, 1.82) is 0 Å². The van der Waals surface area contributed by atoms with Crippen molar-refractivity contribution in [3.8, 4) is 0 Å². The Labute approximate surface area is 122 Å². The second-order valence-corrected chi connectivity index (χ2v) is 4.64.